The van der Waals surface area contributed by atoms with E-state index in [4.69, 9.17) is 0 Å². The highest BCUT2D eigenvalue weighted by molar-refractivity contribution is 5.94. The van der Waals surface area contributed by atoms with Crippen molar-refractivity contribution in [2.45, 2.75) is 6.42 Å². The van der Waals surface area contributed by atoms with Crippen LogP contribution >= 0.6 is 0 Å². The molecule has 1 rings (SSSR count). The Morgan fingerprint density at radius 1 is 1.10 bits per heavy atom. The Labute approximate surface area is 127 Å². The summed E-state index contributed by atoms with van der Waals surface area (Å²) in [4.78, 5) is 20.3. The fraction of sp³-hybridized carbons (Fsp3) is 0.600. The predicted octanol–water partition coefficient (Wildman–Crippen LogP) is 0.737. The maximum absolute atomic E-state index is 12.0. The second kappa shape index (κ2) is 9.31. The lowest BCUT2D eigenvalue weighted by molar-refractivity contribution is 0.0952. The molecule has 0 spiro atoms. The molecule has 0 radical (unpaired) electrons. The number of carbonyl (C=O) groups excluding carboxylic acids is 1. The van der Waals surface area contributed by atoms with Gasteiger partial charge in [0.25, 0.3) is 5.91 Å². The van der Waals surface area contributed by atoms with E-state index in [0.717, 1.165) is 31.7 Å². The summed E-state index contributed by atoms with van der Waals surface area (Å²) >= 11 is 0. The number of carbonyl (C=O) groups is 1. The molecule has 1 aromatic heterocycles. The molecular formula is C15H27N5O. The number of hydrogen-bond donors (Lipinski definition) is 2. The lowest BCUT2D eigenvalue weighted by Gasteiger charge is -2.12. The van der Waals surface area contributed by atoms with E-state index in [1.807, 2.05) is 34.3 Å². The van der Waals surface area contributed by atoms with Crippen LogP contribution in [0.2, 0.25) is 0 Å². The van der Waals surface area contributed by atoms with E-state index in [0.29, 0.717) is 12.1 Å². The van der Waals surface area contributed by atoms with Crippen molar-refractivity contribution in [2.75, 3.05) is 59.7 Å². The Morgan fingerprint density at radius 2 is 1.81 bits per heavy atom. The molecule has 0 unspecified atom stereocenters. The number of aromatic nitrogens is 1. The molecule has 0 saturated heterocycles. The van der Waals surface area contributed by atoms with Crippen LogP contribution in [0.4, 0.5) is 5.69 Å². The first-order valence-corrected chi connectivity index (χ1v) is 7.25. The van der Waals surface area contributed by atoms with Gasteiger partial charge in [0.1, 0.15) is 0 Å². The van der Waals surface area contributed by atoms with Gasteiger partial charge in [0.2, 0.25) is 0 Å². The molecule has 1 aromatic rings. The number of amides is 1. The summed E-state index contributed by atoms with van der Waals surface area (Å²) in [5.41, 5.74) is 1.47. The quantitative estimate of drug-likeness (QED) is 0.658. The van der Waals surface area contributed by atoms with Gasteiger partial charge in [0.05, 0.1) is 11.3 Å². The normalized spacial score (nSPS) is 11.0. The first-order valence-electron chi connectivity index (χ1n) is 7.25. The van der Waals surface area contributed by atoms with Gasteiger partial charge < -0.3 is 20.4 Å². The van der Waals surface area contributed by atoms with Crippen molar-refractivity contribution in [1.82, 2.24) is 20.1 Å². The zero-order chi connectivity index (χ0) is 15.7. The maximum Gasteiger partial charge on any atom is 0.252 e. The van der Waals surface area contributed by atoms with E-state index in [1.54, 1.807) is 12.4 Å². The zero-order valence-corrected chi connectivity index (χ0v) is 13.5. The van der Waals surface area contributed by atoms with Crippen molar-refractivity contribution in [3.8, 4) is 0 Å². The molecular weight excluding hydrogens is 266 g/mol. The summed E-state index contributed by atoms with van der Waals surface area (Å²) < 4.78 is 0. The molecule has 0 aliphatic heterocycles. The molecule has 0 aliphatic rings. The number of nitrogens with one attached hydrogen (secondary N) is 2. The Kier molecular flexibility index (Phi) is 7.71. The van der Waals surface area contributed by atoms with Crippen LogP contribution in [0, 0.1) is 0 Å². The summed E-state index contributed by atoms with van der Waals surface area (Å²) in [6.07, 6.45) is 4.27. The van der Waals surface area contributed by atoms with E-state index in [-0.39, 0.29) is 5.91 Å². The molecule has 6 heteroatoms. The van der Waals surface area contributed by atoms with E-state index in [2.05, 4.69) is 25.4 Å². The molecule has 1 amide bonds. The minimum Gasteiger partial charge on any atom is -0.382 e. The molecule has 2 N–H and O–H groups in total. The SMILES string of the molecule is CN(C)CCCNC(=O)c1cncc(NCCN(C)C)c1. The first kappa shape index (κ1) is 17.4. The van der Waals surface area contributed by atoms with Gasteiger partial charge in [-0.2, -0.15) is 0 Å². The Hall–Kier alpha value is -1.66. The summed E-state index contributed by atoms with van der Waals surface area (Å²) in [7, 11) is 8.10. The van der Waals surface area contributed by atoms with Crippen LogP contribution in [0.25, 0.3) is 0 Å². The molecule has 0 fully saturated rings. The van der Waals surface area contributed by atoms with Gasteiger partial charge in [-0.3, -0.25) is 9.78 Å². The molecule has 0 aliphatic carbocycles. The Morgan fingerprint density at radius 3 is 2.48 bits per heavy atom. The monoisotopic (exact) mass is 293 g/mol. The van der Waals surface area contributed by atoms with Crippen LogP contribution in [-0.4, -0.2) is 75.1 Å². The smallest absolute Gasteiger partial charge is 0.252 e. The predicted molar refractivity (Wildman–Crippen MR) is 86.8 cm³/mol. The fourth-order valence-electron chi connectivity index (χ4n) is 1.78. The first-order chi connectivity index (χ1) is 9.99. The fourth-order valence-corrected chi connectivity index (χ4v) is 1.78. The molecule has 118 valence electrons. The molecule has 0 atom stereocenters. The highest BCUT2D eigenvalue weighted by atomic mass is 16.1. The van der Waals surface area contributed by atoms with Crippen LogP contribution in [0.5, 0.6) is 0 Å². The van der Waals surface area contributed by atoms with Crippen LogP contribution in [0.3, 0.4) is 0 Å². The van der Waals surface area contributed by atoms with Crippen molar-refractivity contribution in [2.24, 2.45) is 0 Å². The highest BCUT2D eigenvalue weighted by Gasteiger charge is 2.06. The molecule has 1 heterocycles. The zero-order valence-electron chi connectivity index (χ0n) is 13.5. The summed E-state index contributed by atoms with van der Waals surface area (Å²) in [6, 6.07) is 1.84. The van der Waals surface area contributed by atoms with Gasteiger partial charge in [0.15, 0.2) is 0 Å². The second-order valence-electron chi connectivity index (χ2n) is 5.61. The van der Waals surface area contributed by atoms with Crippen molar-refractivity contribution < 1.29 is 4.79 Å². The van der Waals surface area contributed by atoms with Crippen molar-refractivity contribution >= 4 is 11.6 Å². The van der Waals surface area contributed by atoms with E-state index < -0.39 is 0 Å². The summed E-state index contributed by atoms with van der Waals surface area (Å²) in [6.45, 7) is 3.39. The molecule has 6 nitrogen and oxygen atoms in total. The third kappa shape index (κ3) is 7.63. The largest absolute Gasteiger partial charge is 0.382 e. The maximum atomic E-state index is 12.0. The van der Waals surface area contributed by atoms with E-state index in [9.17, 15) is 4.79 Å². The number of likely N-dealkylation sites (N-methyl/N-ethyl adjacent to an activating group) is 1. The second-order valence-corrected chi connectivity index (χ2v) is 5.61. The molecule has 0 bridgehead atoms. The molecule has 0 aromatic carbocycles. The van der Waals surface area contributed by atoms with Gasteiger partial charge in [-0.1, -0.05) is 0 Å². The average molecular weight is 293 g/mol. The van der Waals surface area contributed by atoms with Crippen LogP contribution < -0.4 is 10.6 Å². The van der Waals surface area contributed by atoms with Crippen LogP contribution in [-0.2, 0) is 0 Å². The average Bonchev–Trinajstić information content (AvgIpc) is 2.43. The Bertz CT molecular complexity index is 434. The number of pyridine rings is 1. The number of hydrogen-bond acceptors (Lipinski definition) is 5. The van der Waals surface area contributed by atoms with Crippen molar-refractivity contribution in [1.29, 1.82) is 0 Å². The van der Waals surface area contributed by atoms with Crippen LogP contribution in [0.1, 0.15) is 16.8 Å². The standard InChI is InChI=1S/C15H27N5O/c1-19(2)8-5-6-18-15(21)13-10-14(12-16-11-13)17-7-9-20(3)4/h10-12,17H,5-9H2,1-4H3,(H,18,21). The number of anilines is 1. The number of rotatable bonds is 9. The van der Waals surface area contributed by atoms with Gasteiger partial charge in [0, 0.05) is 32.0 Å². The minimum absolute atomic E-state index is 0.0717. The minimum atomic E-state index is -0.0717. The van der Waals surface area contributed by atoms with E-state index >= 15 is 0 Å². The Balaban J connectivity index is 2.41. The van der Waals surface area contributed by atoms with Crippen LogP contribution in [0.15, 0.2) is 18.5 Å². The highest BCUT2D eigenvalue weighted by Crippen LogP contribution is 2.08. The van der Waals surface area contributed by atoms with E-state index in [1.165, 1.54) is 0 Å². The third-order valence-electron chi connectivity index (χ3n) is 2.96. The topological polar surface area (TPSA) is 60.5 Å². The molecule has 21 heavy (non-hydrogen) atoms. The van der Waals surface area contributed by atoms with Gasteiger partial charge in [-0.05, 0) is 47.2 Å². The van der Waals surface area contributed by atoms with Crippen molar-refractivity contribution in [3.05, 3.63) is 24.0 Å². The van der Waals surface area contributed by atoms with Crippen molar-refractivity contribution in [3.63, 3.8) is 0 Å². The van der Waals surface area contributed by atoms with Gasteiger partial charge >= 0.3 is 0 Å². The summed E-state index contributed by atoms with van der Waals surface area (Å²) in [5, 5.41) is 6.18. The molecule has 0 saturated carbocycles. The van der Waals surface area contributed by atoms with Gasteiger partial charge in [-0.15, -0.1) is 0 Å². The van der Waals surface area contributed by atoms with Gasteiger partial charge in [-0.25, -0.2) is 0 Å². The lowest BCUT2D eigenvalue weighted by atomic mass is 10.2. The lowest BCUT2D eigenvalue weighted by Crippen LogP contribution is -2.27. The summed E-state index contributed by atoms with van der Waals surface area (Å²) in [5.74, 6) is -0.0717. The third-order valence-corrected chi connectivity index (χ3v) is 2.96. The number of nitrogens with zero attached hydrogens (tertiary/aromatic N) is 3.